The molecule has 1 aromatic rings. The Kier molecular flexibility index (Phi) is 5.34. The van der Waals surface area contributed by atoms with Crippen molar-refractivity contribution in [2.24, 2.45) is 0 Å². The first-order valence-electron chi connectivity index (χ1n) is 5.55. The number of alkyl halides is 3. The van der Waals surface area contributed by atoms with E-state index < -0.39 is 22.5 Å². The van der Waals surface area contributed by atoms with Crippen LogP contribution in [0.15, 0.2) is 24.3 Å². The normalized spacial score (nSPS) is 15.4. The number of halogens is 3. The van der Waals surface area contributed by atoms with E-state index in [9.17, 15) is 17.4 Å². The van der Waals surface area contributed by atoms with Gasteiger partial charge in [0.2, 0.25) is 0 Å². The number of benzene rings is 1. The summed E-state index contributed by atoms with van der Waals surface area (Å²) in [4.78, 5) is 0. The molecule has 0 aromatic heterocycles. The maximum atomic E-state index is 12.6. The zero-order chi connectivity index (χ0) is 13.8. The van der Waals surface area contributed by atoms with Gasteiger partial charge in [-0.25, -0.2) is 0 Å². The minimum atomic E-state index is -4.35. The van der Waals surface area contributed by atoms with E-state index in [4.69, 9.17) is 0 Å². The molecule has 0 spiro atoms. The third-order valence-corrected chi connectivity index (χ3v) is 3.27. The van der Waals surface area contributed by atoms with E-state index in [1.807, 2.05) is 6.92 Å². The highest BCUT2D eigenvalue weighted by molar-refractivity contribution is 7.84. The Balaban J connectivity index is 3.01. The third kappa shape index (κ3) is 4.42. The minimum Gasteiger partial charge on any atom is -0.309 e. The van der Waals surface area contributed by atoms with E-state index in [-0.39, 0.29) is 6.04 Å². The van der Waals surface area contributed by atoms with Gasteiger partial charge in [-0.1, -0.05) is 19.1 Å². The minimum absolute atomic E-state index is 0.301. The molecule has 0 saturated heterocycles. The molecule has 0 bridgehead atoms. The van der Waals surface area contributed by atoms with Gasteiger partial charge in [0.1, 0.15) is 0 Å². The number of hydrogen-bond acceptors (Lipinski definition) is 2. The molecular formula is C12H16F3NOS. The van der Waals surface area contributed by atoms with Crippen molar-refractivity contribution in [3.63, 3.8) is 0 Å². The summed E-state index contributed by atoms with van der Waals surface area (Å²) in [5.74, 6) is 0.301. The molecule has 0 heterocycles. The lowest BCUT2D eigenvalue weighted by Gasteiger charge is -2.18. The summed E-state index contributed by atoms with van der Waals surface area (Å²) in [6, 6.07) is 4.83. The van der Waals surface area contributed by atoms with E-state index in [2.05, 4.69) is 5.32 Å². The molecule has 0 aliphatic heterocycles. The summed E-state index contributed by atoms with van der Waals surface area (Å²) in [5, 5.41) is 3.05. The molecule has 6 heteroatoms. The topological polar surface area (TPSA) is 29.1 Å². The fourth-order valence-corrected chi connectivity index (χ4v) is 2.47. The van der Waals surface area contributed by atoms with Crippen LogP contribution in [0.2, 0.25) is 0 Å². The summed E-state index contributed by atoms with van der Waals surface area (Å²) in [6.45, 7) is 2.47. The van der Waals surface area contributed by atoms with Gasteiger partial charge in [0.25, 0.3) is 0 Å². The molecule has 18 heavy (non-hydrogen) atoms. The Morgan fingerprint density at radius 2 is 2.06 bits per heavy atom. The monoisotopic (exact) mass is 279 g/mol. The highest BCUT2D eigenvalue weighted by Crippen LogP contribution is 2.30. The van der Waals surface area contributed by atoms with Crippen LogP contribution in [-0.2, 0) is 17.0 Å². The Hall–Kier alpha value is -0.880. The SMILES string of the molecule is CCNC(CS(C)=O)c1cccc(C(F)(F)F)c1. The molecule has 2 atom stereocenters. The maximum absolute atomic E-state index is 12.6. The van der Waals surface area contributed by atoms with E-state index in [1.54, 1.807) is 6.07 Å². The quantitative estimate of drug-likeness (QED) is 0.898. The second kappa shape index (κ2) is 6.33. The van der Waals surface area contributed by atoms with E-state index in [0.29, 0.717) is 17.9 Å². The van der Waals surface area contributed by atoms with E-state index in [0.717, 1.165) is 12.1 Å². The molecule has 0 saturated carbocycles. The van der Waals surface area contributed by atoms with E-state index in [1.165, 1.54) is 12.3 Å². The van der Waals surface area contributed by atoms with Gasteiger partial charge in [0.15, 0.2) is 0 Å². The van der Waals surface area contributed by atoms with Gasteiger partial charge in [0, 0.05) is 28.9 Å². The van der Waals surface area contributed by atoms with Crippen molar-refractivity contribution in [1.29, 1.82) is 0 Å². The van der Waals surface area contributed by atoms with Gasteiger partial charge >= 0.3 is 6.18 Å². The molecule has 2 unspecified atom stereocenters. The molecule has 1 N–H and O–H groups in total. The first-order chi connectivity index (χ1) is 8.34. The molecule has 2 nitrogen and oxygen atoms in total. The Morgan fingerprint density at radius 3 is 2.56 bits per heavy atom. The fourth-order valence-electron chi connectivity index (χ4n) is 1.69. The molecule has 0 radical (unpaired) electrons. The Bertz CT molecular complexity index is 420. The highest BCUT2D eigenvalue weighted by atomic mass is 32.2. The summed E-state index contributed by atoms with van der Waals surface area (Å²) >= 11 is 0. The lowest BCUT2D eigenvalue weighted by molar-refractivity contribution is -0.137. The molecule has 0 aliphatic carbocycles. The predicted octanol–water partition coefficient (Wildman–Crippen LogP) is 2.73. The molecule has 102 valence electrons. The van der Waals surface area contributed by atoms with Crippen LogP contribution in [0.25, 0.3) is 0 Å². The average Bonchev–Trinajstić information content (AvgIpc) is 2.27. The fraction of sp³-hybridized carbons (Fsp3) is 0.500. The summed E-state index contributed by atoms with van der Waals surface area (Å²) in [5.41, 5.74) is -0.160. The van der Waals surface area contributed by atoms with Gasteiger partial charge in [-0.05, 0) is 24.2 Å². The number of hydrogen-bond donors (Lipinski definition) is 1. The Morgan fingerprint density at radius 1 is 1.39 bits per heavy atom. The first kappa shape index (κ1) is 15.2. The van der Waals surface area contributed by atoms with Crippen molar-refractivity contribution in [2.45, 2.75) is 19.1 Å². The van der Waals surface area contributed by atoms with Crippen LogP contribution in [0.5, 0.6) is 0 Å². The Labute approximate surface area is 107 Å². The van der Waals surface area contributed by atoms with Gasteiger partial charge in [0.05, 0.1) is 5.56 Å². The summed E-state index contributed by atoms with van der Waals surface area (Å²) in [7, 11) is -1.07. The highest BCUT2D eigenvalue weighted by Gasteiger charge is 2.30. The first-order valence-corrected chi connectivity index (χ1v) is 7.28. The summed E-state index contributed by atoms with van der Waals surface area (Å²) in [6.07, 6.45) is -2.81. The lowest BCUT2D eigenvalue weighted by atomic mass is 10.0. The van der Waals surface area contributed by atoms with Crippen LogP contribution in [0.1, 0.15) is 24.1 Å². The zero-order valence-electron chi connectivity index (χ0n) is 10.3. The predicted molar refractivity (Wildman–Crippen MR) is 66.8 cm³/mol. The van der Waals surface area contributed by atoms with Crippen molar-refractivity contribution in [3.8, 4) is 0 Å². The van der Waals surface area contributed by atoms with Crippen LogP contribution in [-0.4, -0.2) is 22.8 Å². The second-order valence-electron chi connectivity index (χ2n) is 3.97. The molecule has 1 rings (SSSR count). The molecule has 0 amide bonds. The molecular weight excluding hydrogens is 263 g/mol. The third-order valence-electron chi connectivity index (χ3n) is 2.47. The van der Waals surface area contributed by atoms with Crippen molar-refractivity contribution in [3.05, 3.63) is 35.4 Å². The smallest absolute Gasteiger partial charge is 0.309 e. The maximum Gasteiger partial charge on any atom is 0.416 e. The van der Waals surface area contributed by atoms with Crippen molar-refractivity contribution in [1.82, 2.24) is 5.32 Å². The molecule has 0 fully saturated rings. The largest absolute Gasteiger partial charge is 0.416 e. The standard InChI is InChI=1S/C12H16F3NOS/c1-3-16-11(8-18(2)17)9-5-4-6-10(7-9)12(13,14)15/h4-7,11,16H,3,8H2,1-2H3. The summed E-state index contributed by atoms with van der Waals surface area (Å²) < 4.78 is 49.0. The van der Waals surface area contributed by atoms with Crippen LogP contribution in [0, 0.1) is 0 Å². The van der Waals surface area contributed by atoms with Crippen LogP contribution in [0.3, 0.4) is 0 Å². The van der Waals surface area contributed by atoms with Crippen molar-refractivity contribution < 1.29 is 17.4 Å². The average molecular weight is 279 g/mol. The van der Waals surface area contributed by atoms with Gasteiger partial charge in [-0.3, -0.25) is 4.21 Å². The van der Waals surface area contributed by atoms with Crippen molar-refractivity contribution in [2.75, 3.05) is 18.6 Å². The van der Waals surface area contributed by atoms with Gasteiger partial charge in [-0.2, -0.15) is 13.2 Å². The zero-order valence-corrected chi connectivity index (χ0v) is 11.1. The molecule has 0 aliphatic rings. The van der Waals surface area contributed by atoms with Crippen LogP contribution in [0.4, 0.5) is 13.2 Å². The second-order valence-corrected chi connectivity index (χ2v) is 5.45. The lowest BCUT2D eigenvalue weighted by Crippen LogP contribution is -2.26. The molecule has 1 aromatic carbocycles. The number of rotatable bonds is 5. The number of nitrogens with one attached hydrogen (secondary N) is 1. The van der Waals surface area contributed by atoms with Gasteiger partial charge < -0.3 is 5.32 Å². The van der Waals surface area contributed by atoms with Crippen molar-refractivity contribution >= 4 is 10.8 Å². The van der Waals surface area contributed by atoms with Gasteiger partial charge in [-0.15, -0.1) is 0 Å². The van der Waals surface area contributed by atoms with Crippen LogP contribution >= 0.6 is 0 Å². The van der Waals surface area contributed by atoms with Crippen LogP contribution < -0.4 is 5.32 Å². The van der Waals surface area contributed by atoms with E-state index >= 15 is 0 Å².